The second-order valence-electron chi connectivity index (χ2n) is 8.14. The summed E-state index contributed by atoms with van der Waals surface area (Å²) in [5.74, 6) is 0.680. The molecule has 0 radical (unpaired) electrons. The van der Waals surface area contributed by atoms with Crippen LogP contribution in [0.15, 0.2) is 18.2 Å². The topological polar surface area (TPSA) is 62.6 Å². The normalized spacial score (nSPS) is 15.7. The molecular weight excluding hydrogens is 374 g/mol. The van der Waals surface area contributed by atoms with Crippen LogP contribution in [0.5, 0.6) is 0 Å². The molecular formula is C20H29N5O2S. The van der Waals surface area contributed by atoms with Gasteiger partial charge in [0.25, 0.3) is 0 Å². The Morgan fingerprint density at radius 2 is 1.93 bits per heavy atom. The van der Waals surface area contributed by atoms with E-state index in [0.29, 0.717) is 17.5 Å². The third kappa shape index (κ3) is 4.28. The van der Waals surface area contributed by atoms with Gasteiger partial charge in [0.1, 0.15) is 5.82 Å². The molecule has 8 heteroatoms. The van der Waals surface area contributed by atoms with Crippen LogP contribution in [0.3, 0.4) is 0 Å². The zero-order valence-electron chi connectivity index (χ0n) is 17.3. The fourth-order valence-corrected chi connectivity index (χ4v) is 3.54. The van der Waals surface area contributed by atoms with Gasteiger partial charge < -0.3 is 19.9 Å². The minimum atomic E-state index is -0.409. The van der Waals surface area contributed by atoms with Crippen molar-refractivity contribution < 1.29 is 9.53 Å². The van der Waals surface area contributed by atoms with Gasteiger partial charge >= 0.3 is 6.09 Å². The standard InChI is InChI=1S/C20H29N5O2S/c1-6-27-19(26)25-16-13-14(7-8-15(16)22-17(25)20(2,3)4)21-18(28)24-11-9-23(5)10-12-24/h7-8,13H,6,9-12H2,1-5H3,(H,21,28). The Morgan fingerprint density at radius 1 is 1.25 bits per heavy atom. The smallest absolute Gasteiger partial charge is 0.419 e. The van der Waals surface area contributed by atoms with Crippen molar-refractivity contribution in [1.29, 1.82) is 0 Å². The summed E-state index contributed by atoms with van der Waals surface area (Å²) in [5, 5.41) is 4.01. The van der Waals surface area contributed by atoms with Crippen molar-refractivity contribution in [2.24, 2.45) is 0 Å². The van der Waals surface area contributed by atoms with Gasteiger partial charge in [0.2, 0.25) is 0 Å². The monoisotopic (exact) mass is 403 g/mol. The number of fused-ring (bicyclic) bond motifs is 1. The molecule has 152 valence electrons. The number of benzene rings is 1. The second-order valence-corrected chi connectivity index (χ2v) is 8.53. The molecule has 0 aliphatic carbocycles. The third-order valence-corrected chi connectivity index (χ3v) is 5.18. The largest absolute Gasteiger partial charge is 0.449 e. The Bertz CT molecular complexity index is 879. The lowest BCUT2D eigenvalue weighted by Crippen LogP contribution is -2.48. The first-order chi connectivity index (χ1) is 13.2. The highest BCUT2D eigenvalue weighted by Crippen LogP contribution is 2.28. The molecule has 2 aromatic rings. The fourth-order valence-electron chi connectivity index (χ4n) is 3.24. The summed E-state index contributed by atoms with van der Waals surface area (Å²) in [4.78, 5) is 21.8. The minimum Gasteiger partial charge on any atom is -0.449 e. The maximum Gasteiger partial charge on any atom is 0.419 e. The van der Waals surface area contributed by atoms with E-state index < -0.39 is 6.09 Å². The molecule has 1 N–H and O–H groups in total. The summed E-state index contributed by atoms with van der Waals surface area (Å²) in [5.41, 5.74) is 2.01. The summed E-state index contributed by atoms with van der Waals surface area (Å²) in [7, 11) is 2.12. The lowest BCUT2D eigenvalue weighted by Gasteiger charge is -2.34. The van der Waals surface area contributed by atoms with E-state index in [4.69, 9.17) is 21.9 Å². The van der Waals surface area contributed by atoms with E-state index in [1.54, 1.807) is 11.5 Å². The van der Waals surface area contributed by atoms with Gasteiger partial charge in [-0.2, -0.15) is 0 Å². The van der Waals surface area contributed by atoms with E-state index in [1.165, 1.54) is 0 Å². The van der Waals surface area contributed by atoms with Crippen LogP contribution >= 0.6 is 12.2 Å². The summed E-state index contributed by atoms with van der Waals surface area (Å²) < 4.78 is 6.85. The van der Waals surface area contributed by atoms with Gasteiger partial charge in [-0.05, 0) is 44.4 Å². The fraction of sp³-hybridized carbons (Fsp3) is 0.550. The predicted octanol–water partition coefficient (Wildman–Crippen LogP) is 3.28. The molecule has 0 unspecified atom stereocenters. The first-order valence-corrected chi connectivity index (χ1v) is 10.1. The molecule has 1 aromatic heterocycles. The molecule has 28 heavy (non-hydrogen) atoms. The van der Waals surface area contributed by atoms with Gasteiger partial charge in [-0.15, -0.1) is 0 Å². The number of rotatable bonds is 2. The van der Waals surface area contributed by atoms with Crippen molar-refractivity contribution in [3.8, 4) is 0 Å². The summed E-state index contributed by atoms with van der Waals surface area (Å²) in [6, 6.07) is 5.77. The molecule has 0 spiro atoms. The lowest BCUT2D eigenvalue weighted by atomic mass is 9.96. The van der Waals surface area contributed by atoms with Crippen molar-refractivity contribution in [2.75, 3.05) is 45.2 Å². The summed E-state index contributed by atoms with van der Waals surface area (Å²) >= 11 is 5.59. The SMILES string of the molecule is CCOC(=O)n1c(C(C)(C)C)nc2ccc(NC(=S)N3CCN(C)CC3)cc21. The van der Waals surface area contributed by atoms with E-state index in [9.17, 15) is 4.79 Å². The Balaban J connectivity index is 1.92. The van der Waals surface area contributed by atoms with Crippen LogP contribution in [0, 0.1) is 0 Å². The molecule has 0 amide bonds. The average molecular weight is 404 g/mol. The lowest BCUT2D eigenvalue weighted by molar-refractivity contribution is 0.153. The Labute approximate surface area is 171 Å². The van der Waals surface area contributed by atoms with Crippen molar-refractivity contribution in [1.82, 2.24) is 19.4 Å². The highest BCUT2D eigenvalue weighted by atomic mass is 32.1. The van der Waals surface area contributed by atoms with E-state index in [0.717, 1.165) is 42.9 Å². The van der Waals surface area contributed by atoms with E-state index in [2.05, 4.69) is 22.2 Å². The molecule has 0 atom stereocenters. The predicted molar refractivity (Wildman–Crippen MR) is 116 cm³/mol. The average Bonchev–Trinajstić information content (AvgIpc) is 3.01. The Kier molecular flexibility index (Phi) is 5.90. The first kappa shape index (κ1) is 20.5. The van der Waals surface area contributed by atoms with Gasteiger partial charge in [0.15, 0.2) is 5.11 Å². The number of likely N-dealkylation sites (N-methyl/N-ethyl adjacent to an activating group) is 1. The third-order valence-electron chi connectivity index (χ3n) is 4.82. The minimum absolute atomic E-state index is 0.297. The van der Waals surface area contributed by atoms with Crippen molar-refractivity contribution in [3.05, 3.63) is 24.0 Å². The van der Waals surface area contributed by atoms with E-state index in [1.807, 2.05) is 39.0 Å². The van der Waals surface area contributed by atoms with Crippen LogP contribution in [0.4, 0.5) is 10.5 Å². The van der Waals surface area contributed by atoms with Crippen LogP contribution in [0.25, 0.3) is 11.0 Å². The second kappa shape index (κ2) is 8.05. The zero-order chi connectivity index (χ0) is 20.5. The number of aromatic nitrogens is 2. The number of nitrogens with zero attached hydrogens (tertiary/aromatic N) is 4. The maximum absolute atomic E-state index is 12.6. The van der Waals surface area contributed by atoms with E-state index >= 15 is 0 Å². The molecule has 0 saturated carbocycles. The van der Waals surface area contributed by atoms with Gasteiger partial charge in [-0.25, -0.2) is 14.3 Å². The molecule has 3 rings (SSSR count). The van der Waals surface area contributed by atoms with E-state index in [-0.39, 0.29) is 5.41 Å². The van der Waals surface area contributed by atoms with Crippen LogP contribution < -0.4 is 5.32 Å². The number of imidazole rings is 1. The highest BCUT2D eigenvalue weighted by Gasteiger charge is 2.27. The van der Waals surface area contributed by atoms with Crippen LogP contribution in [0.1, 0.15) is 33.5 Å². The van der Waals surface area contributed by atoms with Gasteiger partial charge in [0, 0.05) is 37.3 Å². The zero-order valence-corrected chi connectivity index (χ0v) is 18.1. The molecule has 1 aliphatic rings. The van der Waals surface area contributed by atoms with Gasteiger partial charge in [-0.3, -0.25) is 0 Å². The quantitative estimate of drug-likeness (QED) is 0.772. The Hall–Kier alpha value is -2.19. The Morgan fingerprint density at radius 3 is 2.54 bits per heavy atom. The number of hydrogen-bond acceptors (Lipinski definition) is 5. The van der Waals surface area contributed by atoms with Crippen molar-refractivity contribution >= 4 is 40.1 Å². The number of carbonyl (C=O) groups excluding carboxylic acids is 1. The molecule has 1 saturated heterocycles. The van der Waals surface area contributed by atoms with Crippen molar-refractivity contribution in [2.45, 2.75) is 33.1 Å². The highest BCUT2D eigenvalue weighted by molar-refractivity contribution is 7.80. The number of thiocarbonyl (C=S) groups is 1. The molecule has 7 nitrogen and oxygen atoms in total. The van der Waals surface area contributed by atoms with Gasteiger partial charge in [0.05, 0.1) is 17.6 Å². The number of ether oxygens (including phenoxy) is 1. The molecule has 1 fully saturated rings. The number of nitrogens with one attached hydrogen (secondary N) is 1. The van der Waals surface area contributed by atoms with Crippen LogP contribution in [0.2, 0.25) is 0 Å². The molecule has 1 aliphatic heterocycles. The first-order valence-electron chi connectivity index (χ1n) is 9.65. The summed E-state index contributed by atoms with van der Waals surface area (Å²) in [6.07, 6.45) is -0.409. The van der Waals surface area contributed by atoms with Crippen LogP contribution in [-0.2, 0) is 10.2 Å². The van der Waals surface area contributed by atoms with Crippen LogP contribution in [-0.4, -0.2) is 70.4 Å². The molecule has 1 aromatic carbocycles. The number of anilines is 1. The number of hydrogen-bond donors (Lipinski definition) is 1. The van der Waals surface area contributed by atoms with Crippen molar-refractivity contribution in [3.63, 3.8) is 0 Å². The molecule has 2 heterocycles. The number of carbonyl (C=O) groups is 1. The van der Waals surface area contributed by atoms with Gasteiger partial charge in [-0.1, -0.05) is 20.8 Å². The number of piperazine rings is 1. The summed E-state index contributed by atoms with van der Waals surface area (Å²) in [6.45, 7) is 12.0. The maximum atomic E-state index is 12.6. The molecule has 0 bridgehead atoms.